The summed E-state index contributed by atoms with van der Waals surface area (Å²) in [4.78, 5) is 12.0. The lowest BCUT2D eigenvalue weighted by molar-refractivity contribution is -0.121. The van der Waals surface area contributed by atoms with Gasteiger partial charge in [0.15, 0.2) is 11.5 Å². The van der Waals surface area contributed by atoms with Crippen molar-refractivity contribution in [3.05, 3.63) is 23.8 Å². The molecule has 24 heavy (non-hydrogen) atoms. The summed E-state index contributed by atoms with van der Waals surface area (Å²) in [6, 6.07) is 5.18. The molecule has 1 aromatic rings. The van der Waals surface area contributed by atoms with Crippen molar-refractivity contribution in [3.63, 3.8) is 0 Å². The number of aliphatic hydroxyl groups excluding tert-OH is 1. The fourth-order valence-electron chi connectivity index (χ4n) is 3.52. The first-order chi connectivity index (χ1) is 11.6. The van der Waals surface area contributed by atoms with E-state index >= 15 is 0 Å². The molecule has 0 aliphatic heterocycles. The van der Waals surface area contributed by atoms with Gasteiger partial charge in [0.25, 0.3) is 0 Å². The van der Waals surface area contributed by atoms with Crippen molar-refractivity contribution in [2.24, 2.45) is 5.92 Å². The van der Waals surface area contributed by atoms with Crippen LogP contribution in [-0.4, -0.2) is 29.2 Å². The standard InChI is InChI=1S/C20H30O4/c1-24-20-13-16(9-12-19(20)23)8-11-18(22)14-17(21)10-7-15-5-3-2-4-6-15/h9,12-13,15,18,22-23H,2-8,10-11,14H2,1H3. The highest BCUT2D eigenvalue weighted by molar-refractivity contribution is 5.78. The van der Waals surface area contributed by atoms with Gasteiger partial charge >= 0.3 is 0 Å². The maximum atomic E-state index is 12.0. The molecule has 0 amide bonds. The number of phenolic OH excluding ortho intramolecular Hbond substituents is 1. The normalized spacial score (nSPS) is 16.8. The Morgan fingerprint density at radius 3 is 2.75 bits per heavy atom. The molecule has 4 heteroatoms. The first kappa shape index (κ1) is 18.8. The SMILES string of the molecule is COc1cc(CCC(O)CC(=O)CCC2CCCCC2)ccc1O. The van der Waals surface area contributed by atoms with Crippen molar-refractivity contribution < 1.29 is 19.7 Å². The first-order valence-electron chi connectivity index (χ1n) is 9.14. The van der Waals surface area contributed by atoms with E-state index < -0.39 is 6.10 Å². The molecule has 0 saturated heterocycles. The van der Waals surface area contributed by atoms with Gasteiger partial charge in [0.05, 0.1) is 13.2 Å². The van der Waals surface area contributed by atoms with Gasteiger partial charge in [-0.2, -0.15) is 0 Å². The number of rotatable bonds is 9. The highest BCUT2D eigenvalue weighted by atomic mass is 16.5. The van der Waals surface area contributed by atoms with E-state index in [-0.39, 0.29) is 18.0 Å². The molecule has 0 heterocycles. The molecule has 0 bridgehead atoms. The van der Waals surface area contributed by atoms with Gasteiger partial charge in [-0.25, -0.2) is 0 Å². The summed E-state index contributed by atoms with van der Waals surface area (Å²) >= 11 is 0. The van der Waals surface area contributed by atoms with E-state index in [0.29, 0.717) is 30.9 Å². The summed E-state index contributed by atoms with van der Waals surface area (Å²) in [5, 5.41) is 19.7. The largest absolute Gasteiger partial charge is 0.504 e. The molecule has 1 aliphatic rings. The number of Topliss-reactive ketones (excluding diaryl/α,β-unsaturated/α-hetero) is 1. The van der Waals surface area contributed by atoms with Crippen LogP contribution in [0.3, 0.4) is 0 Å². The number of ketones is 1. The third-order valence-electron chi connectivity index (χ3n) is 5.03. The molecule has 1 aliphatic carbocycles. The number of carbonyl (C=O) groups excluding carboxylic acids is 1. The van der Waals surface area contributed by atoms with Crippen LogP contribution in [0, 0.1) is 5.92 Å². The van der Waals surface area contributed by atoms with E-state index in [4.69, 9.17) is 4.74 Å². The van der Waals surface area contributed by atoms with Crippen molar-refractivity contribution >= 4 is 5.78 Å². The molecule has 1 fully saturated rings. The Hall–Kier alpha value is -1.55. The minimum atomic E-state index is -0.594. The van der Waals surface area contributed by atoms with E-state index in [1.165, 1.54) is 39.2 Å². The highest BCUT2D eigenvalue weighted by Crippen LogP contribution is 2.28. The van der Waals surface area contributed by atoms with Crippen molar-refractivity contribution in [1.82, 2.24) is 0 Å². The molecule has 1 atom stereocenters. The van der Waals surface area contributed by atoms with Crippen molar-refractivity contribution in [2.45, 2.75) is 70.3 Å². The Bertz CT molecular complexity index is 520. The van der Waals surface area contributed by atoms with Crippen LogP contribution in [0.5, 0.6) is 11.5 Å². The average molecular weight is 334 g/mol. The molecule has 1 saturated carbocycles. The van der Waals surface area contributed by atoms with Crippen LogP contribution < -0.4 is 4.74 Å². The van der Waals surface area contributed by atoms with E-state index in [2.05, 4.69) is 0 Å². The summed E-state index contributed by atoms with van der Waals surface area (Å²) < 4.78 is 5.08. The summed E-state index contributed by atoms with van der Waals surface area (Å²) in [7, 11) is 1.51. The van der Waals surface area contributed by atoms with Gasteiger partial charge in [-0.15, -0.1) is 0 Å². The van der Waals surface area contributed by atoms with Gasteiger partial charge in [-0.05, 0) is 42.9 Å². The van der Waals surface area contributed by atoms with Gasteiger partial charge < -0.3 is 14.9 Å². The lowest BCUT2D eigenvalue weighted by atomic mass is 9.85. The molecule has 4 nitrogen and oxygen atoms in total. The second-order valence-corrected chi connectivity index (χ2v) is 6.98. The summed E-state index contributed by atoms with van der Waals surface area (Å²) in [5.74, 6) is 1.44. The second kappa shape index (κ2) is 9.67. The van der Waals surface area contributed by atoms with Crippen LogP contribution in [-0.2, 0) is 11.2 Å². The van der Waals surface area contributed by atoms with Gasteiger partial charge in [0.1, 0.15) is 5.78 Å². The summed E-state index contributed by atoms with van der Waals surface area (Å²) in [6.07, 6.45) is 8.93. The van der Waals surface area contributed by atoms with Gasteiger partial charge in [-0.1, -0.05) is 38.2 Å². The van der Waals surface area contributed by atoms with Crippen LogP contribution >= 0.6 is 0 Å². The number of aliphatic hydroxyl groups is 1. The van der Waals surface area contributed by atoms with Crippen molar-refractivity contribution in [2.75, 3.05) is 7.11 Å². The van der Waals surface area contributed by atoms with E-state index in [0.717, 1.165) is 12.0 Å². The predicted octanol–water partition coefficient (Wildman–Crippen LogP) is 4.01. The minimum absolute atomic E-state index is 0.111. The van der Waals surface area contributed by atoms with E-state index in [1.807, 2.05) is 6.07 Å². The number of methoxy groups -OCH3 is 1. The Balaban J connectivity index is 1.68. The fraction of sp³-hybridized carbons (Fsp3) is 0.650. The monoisotopic (exact) mass is 334 g/mol. The van der Waals surface area contributed by atoms with Crippen LogP contribution in [0.2, 0.25) is 0 Å². The third kappa shape index (κ3) is 6.16. The first-order valence-corrected chi connectivity index (χ1v) is 9.14. The average Bonchev–Trinajstić information content (AvgIpc) is 2.60. The quantitative estimate of drug-likeness (QED) is 0.716. The molecule has 0 aromatic heterocycles. The van der Waals surface area contributed by atoms with Gasteiger partial charge in [0.2, 0.25) is 0 Å². The van der Waals surface area contributed by atoms with Crippen LogP contribution in [0.4, 0.5) is 0 Å². The molecule has 1 aromatic carbocycles. The third-order valence-corrected chi connectivity index (χ3v) is 5.03. The topological polar surface area (TPSA) is 66.8 Å². The minimum Gasteiger partial charge on any atom is -0.504 e. The Morgan fingerprint density at radius 2 is 2.04 bits per heavy atom. The van der Waals surface area contributed by atoms with Crippen LogP contribution in [0.1, 0.15) is 63.4 Å². The van der Waals surface area contributed by atoms with Gasteiger partial charge in [-0.3, -0.25) is 4.79 Å². The lowest BCUT2D eigenvalue weighted by Crippen LogP contribution is -2.16. The number of benzene rings is 1. The number of carbonyl (C=O) groups is 1. The maximum absolute atomic E-state index is 12.0. The second-order valence-electron chi connectivity index (χ2n) is 6.98. The molecule has 0 radical (unpaired) electrons. The zero-order chi connectivity index (χ0) is 17.4. The Kier molecular flexibility index (Phi) is 7.57. The number of aromatic hydroxyl groups is 1. The zero-order valence-electron chi connectivity index (χ0n) is 14.7. The molecular formula is C20H30O4. The molecular weight excluding hydrogens is 304 g/mol. The Labute approximate surface area is 144 Å². The van der Waals surface area contributed by atoms with Crippen molar-refractivity contribution in [3.8, 4) is 11.5 Å². The molecule has 1 unspecified atom stereocenters. The zero-order valence-corrected chi connectivity index (χ0v) is 14.7. The maximum Gasteiger partial charge on any atom is 0.160 e. The number of hydrogen-bond acceptors (Lipinski definition) is 4. The Morgan fingerprint density at radius 1 is 1.29 bits per heavy atom. The number of phenols is 1. The lowest BCUT2D eigenvalue weighted by Gasteiger charge is -2.21. The number of ether oxygens (including phenoxy) is 1. The number of aryl methyl sites for hydroxylation is 1. The van der Waals surface area contributed by atoms with E-state index in [1.54, 1.807) is 12.1 Å². The van der Waals surface area contributed by atoms with Crippen LogP contribution in [0.15, 0.2) is 18.2 Å². The fourth-order valence-corrected chi connectivity index (χ4v) is 3.52. The summed E-state index contributed by atoms with van der Waals surface area (Å²) in [5.41, 5.74) is 0.985. The molecule has 2 N–H and O–H groups in total. The molecule has 0 spiro atoms. The summed E-state index contributed by atoms with van der Waals surface area (Å²) in [6.45, 7) is 0. The van der Waals surface area contributed by atoms with Crippen LogP contribution in [0.25, 0.3) is 0 Å². The van der Waals surface area contributed by atoms with Gasteiger partial charge in [0, 0.05) is 12.8 Å². The molecule has 2 rings (SSSR count). The smallest absolute Gasteiger partial charge is 0.160 e. The molecule has 134 valence electrons. The number of hydrogen-bond donors (Lipinski definition) is 2. The highest BCUT2D eigenvalue weighted by Gasteiger charge is 2.16. The van der Waals surface area contributed by atoms with E-state index in [9.17, 15) is 15.0 Å². The van der Waals surface area contributed by atoms with Crippen molar-refractivity contribution in [1.29, 1.82) is 0 Å². The predicted molar refractivity (Wildman–Crippen MR) is 94.4 cm³/mol.